The van der Waals surface area contributed by atoms with Gasteiger partial charge in [0.2, 0.25) is 0 Å². The molecule has 0 bridgehead atoms. The van der Waals surface area contributed by atoms with Crippen LogP contribution in [0.1, 0.15) is 118 Å². The molecule has 0 radical (unpaired) electrons. The number of nitrogens with zero attached hydrogens (tertiary/aromatic N) is 1. The van der Waals surface area contributed by atoms with Crippen LogP contribution in [0.25, 0.3) is 0 Å². The first-order chi connectivity index (χ1) is 16.5. The van der Waals surface area contributed by atoms with Crippen LogP contribution in [0, 0.1) is 17.8 Å². The number of nitrogens with one attached hydrogen (secondary N) is 1. The van der Waals surface area contributed by atoms with Crippen molar-refractivity contribution in [3.8, 4) is 0 Å². The highest BCUT2D eigenvalue weighted by Crippen LogP contribution is 2.30. The van der Waals surface area contributed by atoms with E-state index >= 15 is 0 Å². The second-order valence-corrected chi connectivity index (χ2v) is 10.9. The maximum Gasteiger partial charge on any atom is 0.335 e. The largest absolute Gasteiger partial charge is 0.340 e. The van der Waals surface area contributed by atoms with Crippen LogP contribution in [-0.4, -0.2) is 16.4 Å². The van der Waals surface area contributed by atoms with E-state index in [1.807, 2.05) is 11.5 Å². The zero-order valence-corrected chi connectivity index (χ0v) is 20.9. The fraction of sp³-hybridized carbons (Fsp3) is 0.750. The monoisotopic (exact) mass is 470 g/mol. The summed E-state index contributed by atoms with van der Waals surface area (Å²) in [5, 5.41) is 0. The number of hydrogen-bond acceptors (Lipinski definition) is 4. The van der Waals surface area contributed by atoms with Crippen molar-refractivity contribution in [2.24, 2.45) is 17.8 Å². The van der Waals surface area contributed by atoms with E-state index in [1.165, 1.54) is 38.5 Å². The molecule has 1 aromatic rings. The van der Waals surface area contributed by atoms with Gasteiger partial charge in [-0.05, 0) is 74.8 Å². The van der Waals surface area contributed by atoms with Crippen LogP contribution < -0.4 is 11.0 Å². The van der Waals surface area contributed by atoms with E-state index in [2.05, 4.69) is 5.48 Å². The number of hydroxylamine groups is 1. The molecule has 3 aliphatic rings. The van der Waals surface area contributed by atoms with Gasteiger partial charge in [-0.1, -0.05) is 58.3 Å². The summed E-state index contributed by atoms with van der Waals surface area (Å²) in [6.45, 7) is 2.58. The highest BCUT2D eigenvalue weighted by molar-refractivity contribution is 5.94. The molecule has 6 nitrogen and oxygen atoms in total. The van der Waals surface area contributed by atoms with Crippen molar-refractivity contribution >= 4 is 11.9 Å². The van der Waals surface area contributed by atoms with Crippen molar-refractivity contribution < 1.29 is 14.4 Å². The summed E-state index contributed by atoms with van der Waals surface area (Å²) in [5.74, 6) is -0.458. The van der Waals surface area contributed by atoms with Gasteiger partial charge < -0.3 is 9.40 Å². The minimum atomic E-state index is -0.601. The molecule has 0 unspecified atom stereocenters. The molecule has 2 fully saturated rings. The van der Waals surface area contributed by atoms with Gasteiger partial charge in [0, 0.05) is 12.2 Å². The Morgan fingerprint density at radius 2 is 1.56 bits per heavy atom. The predicted octanol–water partition coefficient (Wildman–Crippen LogP) is 5.49. The predicted molar refractivity (Wildman–Crippen MR) is 132 cm³/mol. The van der Waals surface area contributed by atoms with Gasteiger partial charge in [0.1, 0.15) is 5.56 Å². The van der Waals surface area contributed by atoms with Gasteiger partial charge in [0.25, 0.3) is 11.5 Å². The fourth-order valence-electron chi connectivity index (χ4n) is 6.29. The summed E-state index contributed by atoms with van der Waals surface area (Å²) in [6.07, 6.45) is 17.9. The summed E-state index contributed by atoms with van der Waals surface area (Å²) in [6, 6.07) is 1.77. The summed E-state index contributed by atoms with van der Waals surface area (Å²) in [7, 11) is 0. The maximum absolute atomic E-state index is 13.5. The summed E-state index contributed by atoms with van der Waals surface area (Å²) in [4.78, 5) is 44.4. The standard InChI is InChI=1S/C28H42N2O4/c1-20(22-14-9-5-10-15-22)28(33)34-29-26(31)24-18-23-16-8-2-3-11-17-25(23)30(27(24)32)19-21-12-6-4-7-13-21/h18,20-22H,2-17,19H2,1H3,(H,29,31)/t20-/m0/s1. The molecule has 4 rings (SSSR count). The zero-order chi connectivity index (χ0) is 23.9. The quantitative estimate of drug-likeness (QED) is 0.577. The normalized spacial score (nSPS) is 21.1. The lowest BCUT2D eigenvalue weighted by atomic mass is 9.81. The molecule has 34 heavy (non-hydrogen) atoms. The SMILES string of the molecule is C[C@H](C(=O)ONC(=O)c1cc2c(n(CC3CCCCC3)c1=O)CCCCCC2)C1CCCCC1. The minimum Gasteiger partial charge on any atom is -0.340 e. The van der Waals surface area contributed by atoms with Crippen molar-refractivity contribution in [3.05, 3.63) is 33.2 Å². The van der Waals surface area contributed by atoms with E-state index in [0.717, 1.165) is 75.5 Å². The first kappa shape index (κ1) is 25.0. The third-order valence-corrected chi connectivity index (χ3v) is 8.48. The molecule has 1 heterocycles. The van der Waals surface area contributed by atoms with Crippen LogP contribution in [0.2, 0.25) is 0 Å². The van der Waals surface area contributed by atoms with Gasteiger partial charge in [-0.2, -0.15) is 5.48 Å². The molecule has 0 saturated heterocycles. The van der Waals surface area contributed by atoms with Gasteiger partial charge in [-0.3, -0.25) is 9.59 Å². The molecule has 2 saturated carbocycles. The lowest BCUT2D eigenvalue weighted by Crippen LogP contribution is -2.38. The number of aryl methyl sites for hydroxylation is 1. The molecule has 0 aromatic carbocycles. The average Bonchev–Trinajstić information content (AvgIpc) is 2.85. The molecular weight excluding hydrogens is 428 g/mol. The second-order valence-electron chi connectivity index (χ2n) is 10.9. The Bertz CT molecular complexity index is 910. The van der Waals surface area contributed by atoms with Gasteiger partial charge in [0.05, 0.1) is 5.92 Å². The molecule has 1 aromatic heterocycles. The minimum absolute atomic E-state index is 0.105. The molecule has 0 spiro atoms. The third-order valence-electron chi connectivity index (χ3n) is 8.48. The van der Waals surface area contributed by atoms with Crippen LogP contribution in [0.15, 0.2) is 10.9 Å². The topological polar surface area (TPSA) is 77.4 Å². The van der Waals surface area contributed by atoms with E-state index in [4.69, 9.17) is 4.84 Å². The van der Waals surface area contributed by atoms with Crippen molar-refractivity contribution in [1.29, 1.82) is 0 Å². The molecular formula is C28H42N2O4. The van der Waals surface area contributed by atoms with E-state index < -0.39 is 11.9 Å². The van der Waals surface area contributed by atoms with Crippen LogP contribution >= 0.6 is 0 Å². The van der Waals surface area contributed by atoms with Gasteiger partial charge in [0.15, 0.2) is 0 Å². The fourth-order valence-corrected chi connectivity index (χ4v) is 6.29. The smallest absolute Gasteiger partial charge is 0.335 e. The third kappa shape index (κ3) is 6.11. The zero-order valence-electron chi connectivity index (χ0n) is 20.9. The first-order valence-corrected chi connectivity index (χ1v) is 13.8. The number of aromatic nitrogens is 1. The first-order valence-electron chi connectivity index (χ1n) is 13.8. The Hall–Kier alpha value is -2.11. The Morgan fingerprint density at radius 1 is 0.941 bits per heavy atom. The number of rotatable bonds is 5. The molecule has 3 aliphatic carbocycles. The number of fused-ring (bicyclic) bond motifs is 1. The van der Waals surface area contributed by atoms with Crippen LogP contribution in [0.4, 0.5) is 0 Å². The van der Waals surface area contributed by atoms with Crippen LogP contribution in [-0.2, 0) is 29.0 Å². The van der Waals surface area contributed by atoms with E-state index in [-0.39, 0.29) is 17.0 Å². The van der Waals surface area contributed by atoms with Crippen molar-refractivity contribution in [2.75, 3.05) is 0 Å². The van der Waals surface area contributed by atoms with Crippen molar-refractivity contribution in [3.63, 3.8) is 0 Å². The average molecular weight is 471 g/mol. The summed E-state index contributed by atoms with van der Waals surface area (Å²) < 4.78 is 1.90. The number of pyridine rings is 1. The Labute approximate surface area is 203 Å². The van der Waals surface area contributed by atoms with E-state index in [0.29, 0.717) is 18.4 Å². The summed E-state index contributed by atoms with van der Waals surface area (Å²) >= 11 is 0. The van der Waals surface area contributed by atoms with E-state index in [9.17, 15) is 14.4 Å². The van der Waals surface area contributed by atoms with Gasteiger partial charge in [-0.15, -0.1) is 0 Å². The molecule has 0 aliphatic heterocycles. The van der Waals surface area contributed by atoms with E-state index in [1.54, 1.807) is 6.07 Å². The van der Waals surface area contributed by atoms with Crippen molar-refractivity contribution in [1.82, 2.24) is 10.0 Å². The number of carbonyl (C=O) groups is 2. The number of amides is 1. The van der Waals surface area contributed by atoms with Gasteiger partial charge in [-0.25, -0.2) is 4.79 Å². The molecule has 6 heteroatoms. The molecule has 1 atom stereocenters. The molecule has 188 valence electrons. The van der Waals surface area contributed by atoms with Crippen molar-refractivity contribution in [2.45, 2.75) is 116 Å². The Balaban J connectivity index is 1.52. The van der Waals surface area contributed by atoms with Crippen LogP contribution in [0.5, 0.6) is 0 Å². The lowest BCUT2D eigenvalue weighted by molar-refractivity contribution is -0.155. The Morgan fingerprint density at radius 3 is 2.26 bits per heavy atom. The number of hydrogen-bond donors (Lipinski definition) is 1. The lowest BCUT2D eigenvalue weighted by Gasteiger charge is -2.27. The summed E-state index contributed by atoms with van der Waals surface area (Å²) in [5.41, 5.74) is 4.42. The second kappa shape index (κ2) is 12.0. The molecule has 1 N–H and O–H groups in total. The number of carbonyl (C=O) groups excluding carboxylic acids is 2. The van der Waals surface area contributed by atoms with Gasteiger partial charge >= 0.3 is 5.97 Å². The maximum atomic E-state index is 13.5. The Kier molecular flexibility index (Phi) is 8.85. The highest BCUT2D eigenvalue weighted by atomic mass is 16.7. The highest BCUT2D eigenvalue weighted by Gasteiger charge is 2.28. The molecule has 1 amide bonds. The van der Waals surface area contributed by atoms with Crippen LogP contribution in [0.3, 0.4) is 0 Å².